The van der Waals surface area contributed by atoms with Gasteiger partial charge >= 0.3 is 5.97 Å². The van der Waals surface area contributed by atoms with Crippen LogP contribution in [0.1, 0.15) is 29.2 Å². The zero-order valence-corrected chi connectivity index (χ0v) is 11.6. The number of benzene rings is 1. The number of rotatable bonds is 5. The van der Waals surface area contributed by atoms with Crippen molar-refractivity contribution in [2.24, 2.45) is 0 Å². The Morgan fingerprint density at radius 3 is 2.89 bits per heavy atom. The first-order chi connectivity index (χ1) is 9.22. The highest BCUT2D eigenvalue weighted by Crippen LogP contribution is 2.25. The quantitative estimate of drug-likeness (QED) is 0.786. The predicted molar refractivity (Wildman–Crippen MR) is 71.8 cm³/mol. The monoisotopic (exact) mass is 278 g/mol. The molecule has 0 atom stereocenters. The van der Waals surface area contributed by atoms with Crippen LogP contribution in [0, 0.1) is 0 Å². The molecule has 5 nitrogen and oxygen atoms in total. The van der Waals surface area contributed by atoms with Gasteiger partial charge in [-0.3, -0.25) is 0 Å². The van der Waals surface area contributed by atoms with Crippen molar-refractivity contribution >= 4 is 17.3 Å². The molecule has 0 aliphatic rings. The van der Waals surface area contributed by atoms with E-state index >= 15 is 0 Å². The van der Waals surface area contributed by atoms with Crippen molar-refractivity contribution in [3.63, 3.8) is 0 Å². The van der Waals surface area contributed by atoms with Crippen molar-refractivity contribution < 1.29 is 14.3 Å². The van der Waals surface area contributed by atoms with E-state index in [4.69, 9.17) is 9.47 Å². The van der Waals surface area contributed by atoms with Gasteiger partial charge in [-0.15, -0.1) is 5.10 Å². The fourth-order valence-corrected chi connectivity index (χ4v) is 2.06. The standard InChI is InChI=1S/C13H14N2O3S/c1-3-9-6-5-7-10(8-9)18-13-15-14-11(19-13)12(16)17-4-2/h5-8H,3-4H2,1-2H3. The van der Waals surface area contributed by atoms with Crippen LogP contribution in [-0.2, 0) is 11.2 Å². The first-order valence-corrected chi connectivity index (χ1v) is 6.82. The molecule has 6 heteroatoms. The van der Waals surface area contributed by atoms with E-state index in [2.05, 4.69) is 17.1 Å². The highest BCUT2D eigenvalue weighted by atomic mass is 32.1. The molecule has 0 saturated carbocycles. The summed E-state index contributed by atoms with van der Waals surface area (Å²) in [5, 5.41) is 8.09. The minimum Gasteiger partial charge on any atom is -0.461 e. The van der Waals surface area contributed by atoms with Crippen LogP contribution in [0.3, 0.4) is 0 Å². The van der Waals surface area contributed by atoms with Crippen LogP contribution in [0.25, 0.3) is 0 Å². The number of esters is 1. The maximum absolute atomic E-state index is 11.4. The molecular weight excluding hydrogens is 264 g/mol. The van der Waals surface area contributed by atoms with Gasteiger partial charge in [0, 0.05) is 0 Å². The van der Waals surface area contributed by atoms with Crippen LogP contribution in [0.5, 0.6) is 10.9 Å². The van der Waals surface area contributed by atoms with E-state index in [1.807, 2.05) is 24.3 Å². The van der Waals surface area contributed by atoms with Gasteiger partial charge in [0.25, 0.3) is 5.19 Å². The van der Waals surface area contributed by atoms with Gasteiger partial charge in [-0.2, -0.15) is 0 Å². The number of hydrogen-bond acceptors (Lipinski definition) is 6. The molecule has 0 aliphatic heterocycles. The normalized spacial score (nSPS) is 10.2. The molecular formula is C13H14N2O3S. The van der Waals surface area contributed by atoms with Gasteiger partial charge < -0.3 is 9.47 Å². The van der Waals surface area contributed by atoms with E-state index in [9.17, 15) is 4.79 Å². The van der Waals surface area contributed by atoms with E-state index in [0.29, 0.717) is 17.6 Å². The lowest BCUT2D eigenvalue weighted by molar-refractivity contribution is 0.0525. The van der Waals surface area contributed by atoms with Gasteiger partial charge in [0.2, 0.25) is 5.01 Å². The maximum atomic E-state index is 11.4. The second kappa shape index (κ2) is 6.29. The van der Waals surface area contributed by atoms with Gasteiger partial charge in [-0.25, -0.2) is 4.79 Å². The fraction of sp³-hybridized carbons (Fsp3) is 0.308. The summed E-state index contributed by atoms with van der Waals surface area (Å²) < 4.78 is 10.4. The lowest BCUT2D eigenvalue weighted by Gasteiger charge is -2.02. The van der Waals surface area contributed by atoms with E-state index in [1.165, 1.54) is 5.56 Å². The Morgan fingerprint density at radius 1 is 1.32 bits per heavy atom. The second-order valence-electron chi connectivity index (χ2n) is 3.70. The van der Waals surface area contributed by atoms with E-state index in [1.54, 1.807) is 6.92 Å². The molecule has 0 N–H and O–H groups in total. The number of carbonyl (C=O) groups excluding carboxylic acids is 1. The van der Waals surface area contributed by atoms with Crippen LogP contribution < -0.4 is 4.74 Å². The van der Waals surface area contributed by atoms with Gasteiger partial charge in [-0.1, -0.05) is 24.2 Å². The molecule has 0 unspecified atom stereocenters. The molecule has 0 amide bonds. The summed E-state index contributed by atoms with van der Waals surface area (Å²) in [7, 11) is 0. The lowest BCUT2D eigenvalue weighted by atomic mass is 10.2. The van der Waals surface area contributed by atoms with E-state index in [0.717, 1.165) is 17.8 Å². The minimum absolute atomic E-state index is 0.198. The van der Waals surface area contributed by atoms with Crippen molar-refractivity contribution in [2.45, 2.75) is 20.3 Å². The SMILES string of the molecule is CCOC(=O)c1nnc(Oc2cccc(CC)c2)s1. The van der Waals surface area contributed by atoms with Gasteiger partial charge in [0.15, 0.2) is 0 Å². The van der Waals surface area contributed by atoms with Crippen LogP contribution >= 0.6 is 11.3 Å². The van der Waals surface area contributed by atoms with Crippen molar-refractivity contribution in [2.75, 3.05) is 6.61 Å². The molecule has 0 saturated heterocycles. The molecule has 100 valence electrons. The van der Waals surface area contributed by atoms with Crippen LogP contribution in [-0.4, -0.2) is 22.8 Å². The molecule has 0 bridgehead atoms. The first kappa shape index (κ1) is 13.5. The van der Waals surface area contributed by atoms with Gasteiger partial charge in [-0.05, 0) is 42.4 Å². The summed E-state index contributed by atoms with van der Waals surface area (Å²) in [6.45, 7) is 4.13. The summed E-state index contributed by atoms with van der Waals surface area (Å²) in [5.41, 5.74) is 1.17. The Morgan fingerprint density at radius 2 is 2.16 bits per heavy atom. The third-order valence-corrected chi connectivity index (χ3v) is 3.15. The third kappa shape index (κ3) is 3.51. The lowest BCUT2D eigenvalue weighted by Crippen LogP contribution is -2.03. The second-order valence-corrected chi connectivity index (χ2v) is 4.64. The molecule has 1 aromatic heterocycles. The fourth-order valence-electron chi connectivity index (χ4n) is 1.46. The Balaban J connectivity index is 2.09. The largest absolute Gasteiger partial charge is 0.461 e. The Hall–Kier alpha value is -1.95. The molecule has 2 aromatic rings. The molecule has 0 radical (unpaired) electrons. The molecule has 1 aromatic carbocycles. The van der Waals surface area contributed by atoms with Crippen molar-refractivity contribution in [1.29, 1.82) is 0 Å². The highest BCUT2D eigenvalue weighted by molar-refractivity contribution is 7.14. The average Bonchev–Trinajstić information content (AvgIpc) is 2.88. The molecule has 0 aliphatic carbocycles. The Kier molecular flexibility index (Phi) is 4.46. The Labute approximate surface area is 115 Å². The van der Waals surface area contributed by atoms with E-state index < -0.39 is 5.97 Å². The van der Waals surface area contributed by atoms with Gasteiger partial charge in [0.05, 0.1) is 6.61 Å². The highest BCUT2D eigenvalue weighted by Gasteiger charge is 2.14. The van der Waals surface area contributed by atoms with Crippen LogP contribution in [0.4, 0.5) is 0 Å². The zero-order chi connectivity index (χ0) is 13.7. The summed E-state index contributed by atoms with van der Waals surface area (Å²) in [5.74, 6) is 0.211. The van der Waals surface area contributed by atoms with E-state index in [-0.39, 0.29) is 5.01 Å². The molecule has 1 heterocycles. The maximum Gasteiger partial charge on any atom is 0.369 e. The summed E-state index contributed by atoms with van der Waals surface area (Å²) in [6.07, 6.45) is 0.932. The number of nitrogens with zero attached hydrogens (tertiary/aromatic N) is 2. The zero-order valence-electron chi connectivity index (χ0n) is 10.8. The minimum atomic E-state index is -0.475. The topological polar surface area (TPSA) is 61.3 Å². The smallest absolute Gasteiger partial charge is 0.369 e. The molecule has 0 fully saturated rings. The van der Waals surface area contributed by atoms with Crippen molar-refractivity contribution in [3.05, 3.63) is 34.8 Å². The summed E-state index contributed by atoms with van der Waals surface area (Å²) >= 11 is 1.07. The number of aromatic nitrogens is 2. The molecule has 0 spiro atoms. The number of hydrogen-bond donors (Lipinski definition) is 0. The third-order valence-electron chi connectivity index (χ3n) is 2.37. The summed E-state index contributed by atoms with van der Waals surface area (Å²) in [6, 6.07) is 7.72. The summed E-state index contributed by atoms with van der Waals surface area (Å²) in [4.78, 5) is 11.4. The number of aryl methyl sites for hydroxylation is 1. The van der Waals surface area contributed by atoms with Crippen LogP contribution in [0.15, 0.2) is 24.3 Å². The first-order valence-electron chi connectivity index (χ1n) is 6.00. The van der Waals surface area contributed by atoms with Gasteiger partial charge in [0.1, 0.15) is 5.75 Å². The van der Waals surface area contributed by atoms with Crippen LogP contribution in [0.2, 0.25) is 0 Å². The van der Waals surface area contributed by atoms with Crippen molar-refractivity contribution in [1.82, 2.24) is 10.2 Å². The average molecular weight is 278 g/mol. The Bertz CT molecular complexity index is 569. The number of ether oxygens (including phenoxy) is 2. The molecule has 2 rings (SSSR count). The molecule has 19 heavy (non-hydrogen) atoms. The predicted octanol–water partition coefficient (Wildman–Crippen LogP) is 3.07. The van der Waals surface area contributed by atoms with Crippen molar-refractivity contribution in [3.8, 4) is 10.9 Å². The number of carbonyl (C=O) groups is 1.